The fraction of sp³-hybridized carbons (Fsp3) is 0.909. The topological polar surface area (TPSA) is 23.5 Å². The predicted molar refractivity (Wildman–Crippen MR) is 84.8 cm³/mol. The fourth-order valence-corrected chi connectivity index (χ4v) is 18.1. The quantitative estimate of drug-likeness (QED) is 0.358. The number of β-amino-alcohol motifs (C(OH)–C–C–N with tert-alkyl or cyclic N) is 1. The highest BCUT2D eigenvalue weighted by Gasteiger charge is 2.72. The monoisotopic (exact) mass is 509 g/mol. The summed E-state index contributed by atoms with van der Waals surface area (Å²) < 4.78 is 54.9. The van der Waals surface area contributed by atoms with E-state index in [1.54, 1.807) is 4.90 Å². The van der Waals surface area contributed by atoms with E-state index in [1.165, 1.54) is 0 Å². The van der Waals surface area contributed by atoms with Crippen LogP contribution in [0.15, 0.2) is 0 Å². The lowest BCUT2D eigenvalue weighted by Crippen LogP contribution is -2.61. The molecule has 0 saturated carbocycles. The van der Waals surface area contributed by atoms with Crippen LogP contribution in [0.4, 0.5) is 17.6 Å². The molecule has 0 aromatic heterocycles. The first-order chi connectivity index (χ1) is 8.60. The average Bonchev–Trinajstić information content (AvgIpc) is 2.90. The van der Waals surface area contributed by atoms with Crippen LogP contribution < -0.4 is 0 Å². The van der Waals surface area contributed by atoms with Gasteiger partial charge in [-0.25, -0.2) is 4.39 Å². The minimum atomic E-state index is -4.91. The Morgan fingerprint density at radius 3 is 2.26 bits per heavy atom. The van der Waals surface area contributed by atoms with E-state index in [-0.39, 0.29) is 0 Å². The lowest BCUT2D eigenvalue weighted by Gasteiger charge is -2.39. The lowest BCUT2D eigenvalue weighted by molar-refractivity contribution is -0.275. The Balaban J connectivity index is 2.14. The van der Waals surface area contributed by atoms with Crippen molar-refractivity contribution in [3.8, 4) is 0 Å². The lowest BCUT2D eigenvalue weighted by atomic mass is 9.97. The van der Waals surface area contributed by atoms with Gasteiger partial charge in [-0.05, 0) is 48.4 Å². The van der Waals surface area contributed by atoms with Crippen LogP contribution in [0.1, 0.15) is 19.8 Å². The van der Waals surface area contributed by atoms with Gasteiger partial charge in [0.15, 0.2) is 0 Å². The third kappa shape index (κ3) is 2.96. The maximum absolute atomic E-state index is 14.3. The molecular formula is C11H17F4I2NO. The van der Waals surface area contributed by atoms with Crippen LogP contribution in [0.25, 0.3) is 0 Å². The Morgan fingerprint density at radius 1 is 1.42 bits per heavy atom. The molecule has 0 aromatic carbocycles. The van der Waals surface area contributed by atoms with Crippen molar-refractivity contribution in [1.82, 2.24) is 4.90 Å². The summed E-state index contributed by atoms with van der Waals surface area (Å²) in [5.74, 6) is 0.485. The Labute approximate surface area is 121 Å². The zero-order chi connectivity index (χ0) is 14.5. The molecule has 1 N–H and O–H groups in total. The van der Waals surface area contributed by atoms with Gasteiger partial charge in [0.1, 0.15) is 0 Å². The highest BCUT2D eigenvalue weighted by Crippen LogP contribution is 2.74. The first-order valence-electron chi connectivity index (χ1n) is 5.96. The molecule has 114 valence electrons. The number of likely N-dealkylation sites (tertiary alicyclic amines) is 1. The van der Waals surface area contributed by atoms with Gasteiger partial charge in [0.2, 0.25) is 7.28 Å². The highest BCUT2D eigenvalue weighted by molar-refractivity contribution is 14.9. The second kappa shape index (κ2) is 5.31. The van der Waals surface area contributed by atoms with E-state index in [0.29, 0.717) is 19.0 Å². The number of aliphatic hydroxyl groups is 1. The Bertz CT molecular complexity index is 440. The third-order valence-corrected chi connectivity index (χ3v) is 19.2. The smallest absolute Gasteiger partial charge is 0.376 e. The normalized spacial score (nSPS) is 34.2. The molecule has 0 amide bonds. The van der Waals surface area contributed by atoms with E-state index in [2.05, 4.69) is 11.4 Å². The molecule has 2 heterocycles. The number of piperidine rings is 1. The number of rotatable bonds is 3. The summed E-state index contributed by atoms with van der Waals surface area (Å²) in [5, 5.41) is 10.0. The van der Waals surface area contributed by atoms with Crippen molar-refractivity contribution in [2.75, 3.05) is 19.6 Å². The molecule has 2 aliphatic rings. The molecule has 2 aliphatic heterocycles. The largest absolute Gasteiger partial charge is 0.423 e. The third-order valence-electron chi connectivity index (χ3n) is 3.68. The molecule has 0 aliphatic carbocycles. The van der Waals surface area contributed by atoms with Crippen LogP contribution >= 0.6 is 31.3 Å². The van der Waals surface area contributed by atoms with Gasteiger partial charge in [-0.2, -0.15) is 13.2 Å². The molecule has 2 rings (SSSR count). The number of hydrogen-bond donors (Lipinski definition) is 1. The Hall–Kier alpha value is 0.970. The SMILES string of the molecule is C=I1=IC1(F)C(O)(CN1CCC(C)CC1)C(F)(F)F. The molecule has 2 nitrogen and oxygen atoms in total. The van der Waals surface area contributed by atoms with E-state index in [9.17, 15) is 22.7 Å². The standard InChI is InChI=1S/C11H17F4I2NO/c1-8-3-5-18(6-4-8)7-9(19,10(12,13)14)11(15)16-17(11)2/h8,19H,2-7H2,1H3. The average molecular weight is 509 g/mol. The summed E-state index contributed by atoms with van der Waals surface area (Å²) in [5.41, 5.74) is -3.18. The molecule has 0 spiro atoms. The Kier molecular flexibility index (Phi) is 4.57. The summed E-state index contributed by atoms with van der Waals surface area (Å²) in [4.78, 5) is 1.56. The maximum Gasteiger partial charge on any atom is 0.423 e. The van der Waals surface area contributed by atoms with Crippen LogP contribution in [0.2, 0.25) is 0 Å². The van der Waals surface area contributed by atoms with Crippen molar-refractivity contribution in [2.45, 2.75) is 33.2 Å². The first kappa shape index (κ1) is 16.3. The zero-order valence-electron chi connectivity index (χ0n) is 10.5. The van der Waals surface area contributed by atoms with E-state index >= 15 is 0 Å². The molecule has 1 saturated heterocycles. The van der Waals surface area contributed by atoms with Gasteiger partial charge in [-0.15, -0.1) is 0 Å². The molecule has 1 fully saturated rings. The summed E-state index contributed by atoms with van der Waals surface area (Å²) in [6.45, 7) is 2.43. The molecule has 2 atom stereocenters. The van der Waals surface area contributed by atoms with Crippen molar-refractivity contribution in [3.05, 3.63) is 0 Å². The molecular weight excluding hydrogens is 492 g/mol. The van der Waals surface area contributed by atoms with Crippen LogP contribution in [0, 0.1) is 5.92 Å². The maximum atomic E-state index is 14.3. The second-order valence-electron chi connectivity index (χ2n) is 5.19. The van der Waals surface area contributed by atoms with Crippen molar-refractivity contribution in [2.24, 2.45) is 5.92 Å². The van der Waals surface area contributed by atoms with Gasteiger partial charge < -0.3 is 5.11 Å². The molecule has 8 heteroatoms. The summed E-state index contributed by atoms with van der Waals surface area (Å²) in [6.07, 6.45) is -3.31. The summed E-state index contributed by atoms with van der Waals surface area (Å²) in [6, 6.07) is 0. The zero-order valence-corrected chi connectivity index (χ0v) is 14.8. The van der Waals surface area contributed by atoms with Gasteiger partial charge in [-0.3, -0.25) is 4.90 Å². The second-order valence-corrected chi connectivity index (χ2v) is 21.7. The van der Waals surface area contributed by atoms with Crippen LogP contribution in [-0.4, -0.2) is 47.6 Å². The van der Waals surface area contributed by atoms with E-state index in [1.807, 2.05) is 0 Å². The van der Waals surface area contributed by atoms with Gasteiger partial charge in [0.25, 0.3) is 0 Å². The number of alkyl halides is 6. The van der Waals surface area contributed by atoms with Crippen molar-refractivity contribution >= 4 is 35.8 Å². The number of halogens is 6. The highest BCUT2D eigenvalue weighted by atomic mass is 128. The van der Waals surface area contributed by atoms with Crippen molar-refractivity contribution < 1.29 is 22.7 Å². The van der Waals surface area contributed by atoms with Crippen molar-refractivity contribution in [3.63, 3.8) is 0 Å². The fourth-order valence-electron chi connectivity index (χ4n) is 2.21. The molecule has 0 bridgehead atoms. The van der Waals surface area contributed by atoms with Gasteiger partial charge in [0, 0.05) is 6.54 Å². The van der Waals surface area contributed by atoms with Crippen LogP contribution in [-0.2, 0) is 0 Å². The van der Waals surface area contributed by atoms with Crippen molar-refractivity contribution in [1.29, 1.82) is 0 Å². The first-order valence-corrected chi connectivity index (χ1v) is 15.9. The van der Waals surface area contributed by atoms with Crippen LogP contribution in [0.5, 0.6) is 0 Å². The number of hydrogen-bond acceptors (Lipinski definition) is 2. The van der Waals surface area contributed by atoms with E-state index < -0.39 is 51.3 Å². The summed E-state index contributed by atoms with van der Waals surface area (Å²) in [7, 11) is 0. The molecule has 2 unspecified atom stereocenters. The summed E-state index contributed by atoms with van der Waals surface area (Å²) >= 11 is -3.59. The predicted octanol–water partition coefficient (Wildman–Crippen LogP) is 3.47. The minimum Gasteiger partial charge on any atom is -0.376 e. The van der Waals surface area contributed by atoms with E-state index in [0.717, 1.165) is 12.8 Å². The van der Waals surface area contributed by atoms with Gasteiger partial charge >= 0.3 is 6.18 Å². The Morgan fingerprint density at radius 2 is 1.89 bits per heavy atom. The van der Waals surface area contributed by atoms with Crippen LogP contribution in [0.3, 0.4) is 0 Å². The van der Waals surface area contributed by atoms with E-state index in [4.69, 9.17) is 0 Å². The minimum absolute atomic E-state index is 0.485. The number of nitrogens with zero attached hydrogens (tertiary/aromatic N) is 1. The molecule has 0 radical (unpaired) electrons. The molecule has 19 heavy (non-hydrogen) atoms. The van der Waals surface area contributed by atoms with Gasteiger partial charge in [-0.1, -0.05) is 26.2 Å². The van der Waals surface area contributed by atoms with Gasteiger partial charge in [0.05, 0.1) is 0 Å². The molecule has 0 aromatic rings.